The molecule has 5 rings (SSSR count). The third kappa shape index (κ3) is 2.80. The van der Waals surface area contributed by atoms with Crippen LogP contribution in [0.5, 0.6) is 0 Å². The third-order valence-corrected chi connectivity index (χ3v) is 7.25. The molecule has 0 spiro atoms. The van der Waals surface area contributed by atoms with E-state index in [1.54, 1.807) is 0 Å². The van der Waals surface area contributed by atoms with Crippen LogP contribution in [-0.4, -0.2) is 47.0 Å². The fourth-order valence-electron chi connectivity index (χ4n) is 5.58. The summed E-state index contributed by atoms with van der Waals surface area (Å²) in [4.78, 5) is 27.0. The van der Waals surface area contributed by atoms with Gasteiger partial charge in [-0.1, -0.05) is 6.92 Å². The average molecular weight is 354 g/mol. The number of hydrogen-bond acceptors (Lipinski definition) is 4. The first kappa shape index (κ1) is 16.5. The van der Waals surface area contributed by atoms with Gasteiger partial charge in [0.25, 0.3) is 0 Å². The minimum atomic E-state index is 0.276. The van der Waals surface area contributed by atoms with Gasteiger partial charge in [-0.2, -0.15) is 0 Å². The van der Waals surface area contributed by atoms with E-state index in [4.69, 9.17) is 4.98 Å². The highest BCUT2D eigenvalue weighted by atomic mass is 16.2. The highest BCUT2D eigenvalue weighted by Gasteiger charge is 2.44. The molecule has 2 aliphatic carbocycles. The molecule has 5 nitrogen and oxygen atoms in total. The number of rotatable bonds is 2. The van der Waals surface area contributed by atoms with Gasteiger partial charge in [0, 0.05) is 49.9 Å². The topological polar surface area (TPSA) is 49.3 Å². The quantitative estimate of drug-likeness (QED) is 0.819. The largest absolute Gasteiger partial charge is 0.342 e. The zero-order valence-corrected chi connectivity index (χ0v) is 15.9. The number of aromatic nitrogens is 2. The lowest BCUT2D eigenvalue weighted by Gasteiger charge is -2.29. The van der Waals surface area contributed by atoms with E-state index in [-0.39, 0.29) is 5.92 Å². The summed E-state index contributed by atoms with van der Waals surface area (Å²) >= 11 is 0. The van der Waals surface area contributed by atoms with Gasteiger partial charge in [-0.05, 0) is 62.3 Å². The molecule has 3 fully saturated rings. The molecule has 5 heteroatoms. The second-order valence-corrected chi connectivity index (χ2v) is 9.04. The molecule has 2 saturated heterocycles. The molecule has 0 radical (unpaired) electrons. The molecule has 0 aromatic carbocycles. The van der Waals surface area contributed by atoms with Crippen LogP contribution in [0.4, 0.5) is 5.95 Å². The summed E-state index contributed by atoms with van der Waals surface area (Å²) < 4.78 is 0. The van der Waals surface area contributed by atoms with Crippen LogP contribution >= 0.6 is 0 Å². The Morgan fingerprint density at radius 1 is 1.12 bits per heavy atom. The summed E-state index contributed by atoms with van der Waals surface area (Å²) in [5, 5.41) is 0. The number of hydrogen-bond donors (Lipinski definition) is 0. The van der Waals surface area contributed by atoms with Crippen LogP contribution in [0.3, 0.4) is 0 Å². The summed E-state index contributed by atoms with van der Waals surface area (Å²) in [6, 6.07) is 0. The average Bonchev–Trinajstić information content (AvgIpc) is 3.37. The van der Waals surface area contributed by atoms with Gasteiger partial charge in [-0.25, -0.2) is 9.97 Å². The highest BCUT2D eigenvalue weighted by molar-refractivity contribution is 5.79. The van der Waals surface area contributed by atoms with E-state index >= 15 is 0 Å². The van der Waals surface area contributed by atoms with Gasteiger partial charge in [-0.3, -0.25) is 4.79 Å². The van der Waals surface area contributed by atoms with Crippen LogP contribution < -0.4 is 4.90 Å². The Balaban J connectivity index is 1.27. The van der Waals surface area contributed by atoms with Gasteiger partial charge >= 0.3 is 0 Å². The smallest absolute Gasteiger partial charge is 0.225 e. The Morgan fingerprint density at radius 2 is 1.88 bits per heavy atom. The van der Waals surface area contributed by atoms with E-state index in [0.29, 0.717) is 17.7 Å². The fourth-order valence-corrected chi connectivity index (χ4v) is 5.58. The zero-order valence-electron chi connectivity index (χ0n) is 15.9. The molecule has 1 aromatic rings. The molecule has 1 amide bonds. The van der Waals surface area contributed by atoms with Crippen LogP contribution in [-0.2, 0) is 11.2 Å². The molecular weight excluding hydrogens is 324 g/mol. The first-order valence-corrected chi connectivity index (χ1v) is 10.6. The lowest BCUT2D eigenvalue weighted by Crippen LogP contribution is -2.36. The van der Waals surface area contributed by atoms with E-state index in [2.05, 4.69) is 27.9 Å². The fraction of sp³-hybridized carbons (Fsp3) is 0.762. The number of carbonyl (C=O) groups is 1. The molecular formula is C21H30N4O. The van der Waals surface area contributed by atoms with Gasteiger partial charge in [0.15, 0.2) is 0 Å². The molecule has 2 unspecified atom stereocenters. The van der Waals surface area contributed by atoms with Crippen LogP contribution in [0, 0.1) is 17.8 Å². The van der Waals surface area contributed by atoms with Gasteiger partial charge in [-0.15, -0.1) is 0 Å². The van der Waals surface area contributed by atoms with Gasteiger partial charge < -0.3 is 9.80 Å². The lowest BCUT2D eigenvalue weighted by molar-refractivity contribution is -0.135. The van der Waals surface area contributed by atoms with E-state index in [1.165, 1.54) is 36.9 Å². The number of carbonyl (C=O) groups excluding carboxylic acids is 1. The summed E-state index contributed by atoms with van der Waals surface area (Å²) in [6.45, 7) is 6.30. The lowest BCUT2D eigenvalue weighted by atomic mass is 9.82. The normalized spacial score (nSPS) is 33.4. The third-order valence-electron chi connectivity index (χ3n) is 7.25. The van der Waals surface area contributed by atoms with E-state index in [0.717, 1.165) is 57.3 Å². The summed E-state index contributed by atoms with van der Waals surface area (Å²) in [6.07, 6.45) is 10.2. The Labute approximate surface area is 156 Å². The second-order valence-electron chi connectivity index (χ2n) is 9.04. The van der Waals surface area contributed by atoms with Crippen molar-refractivity contribution in [2.75, 3.05) is 31.1 Å². The molecule has 1 aromatic heterocycles. The molecule has 140 valence electrons. The number of anilines is 1. The van der Waals surface area contributed by atoms with E-state index in [9.17, 15) is 4.79 Å². The number of fused-ring (bicyclic) bond motifs is 3. The van der Waals surface area contributed by atoms with Crippen molar-refractivity contribution in [1.29, 1.82) is 0 Å². The molecule has 2 aliphatic heterocycles. The van der Waals surface area contributed by atoms with E-state index < -0.39 is 0 Å². The van der Waals surface area contributed by atoms with Gasteiger partial charge in [0.2, 0.25) is 11.9 Å². The van der Waals surface area contributed by atoms with Crippen molar-refractivity contribution in [3.05, 3.63) is 17.5 Å². The summed E-state index contributed by atoms with van der Waals surface area (Å²) in [7, 11) is 0. The Kier molecular flexibility index (Phi) is 4.13. The first-order valence-electron chi connectivity index (χ1n) is 10.6. The molecule has 3 heterocycles. The van der Waals surface area contributed by atoms with Crippen molar-refractivity contribution in [2.45, 2.75) is 57.8 Å². The Hall–Kier alpha value is -1.65. The second kappa shape index (κ2) is 6.50. The maximum atomic E-state index is 13.0. The maximum absolute atomic E-state index is 13.0. The van der Waals surface area contributed by atoms with Crippen LogP contribution in [0.25, 0.3) is 0 Å². The molecule has 4 aliphatic rings. The van der Waals surface area contributed by atoms with Crippen molar-refractivity contribution in [1.82, 2.24) is 14.9 Å². The Bertz CT molecular complexity index is 691. The molecule has 2 atom stereocenters. The summed E-state index contributed by atoms with van der Waals surface area (Å²) in [5.41, 5.74) is 2.56. The number of nitrogens with zero attached hydrogens (tertiary/aromatic N) is 4. The van der Waals surface area contributed by atoms with Crippen molar-refractivity contribution in [2.24, 2.45) is 17.8 Å². The zero-order chi connectivity index (χ0) is 17.7. The minimum Gasteiger partial charge on any atom is -0.342 e. The summed E-state index contributed by atoms with van der Waals surface area (Å²) in [5.74, 6) is 3.43. The first-order chi connectivity index (χ1) is 12.7. The minimum absolute atomic E-state index is 0.276. The Morgan fingerprint density at radius 3 is 2.65 bits per heavy atom. The van der Waals surface area contributed by atoms with Crippen molar-refractivity contribution < 1.29 is 4.79 Å². The molecule has 0 N–H and O–H groups in total. The number of likely N-dealkylation sites (tertiary alicyclic amines) is 1. The van der Waals surface area contributed by atoms with Crippen molar-refractivity contribution in [3.63, 3.8) is 0 Å². The highest BCUT2D eigenvalue weighted by Crippen LogP contribution is 2.43. The standard InChI is InChI=1S/C21H30N4O/c1-14-4-6-15(7-5-14)20(26)25-12-16-10-19-17(18(16)13-25)11-22-21(23-19)24-8-2-3-9-24/h11,14-16,18H,2-10,12-13H2,1H3. The predicted octanol–water partition coefficient (Wildman–Crippen LogP) is 3.00. The maximum Gasteiger partial charge on any atom is 0.225 e. The SMILES string of the molecule is CC1CCC(C(=O)N2CC3Cc4nc(N5CCCC5)ncc4C3C2)CC1. The molecule has 26 heavy (non-hydrogen) atoms. The molecule has 1 saturated carbocycles. The predicted molar refractivity (Wildman–Crippen MR) is 101 cm³/mol. The van der Waals surface area contributed by atoms with Crippen LogP contribution in [0.1, 0.15) is 62.6 Å². The monoisotopic (exact) mass is 354 g/mol. The van der Waals surface area contributed by atoms with Crippen molar-refractivity contribution in [3.8, 4) is 0 Å². The number of amides is 1. The van der Waals surface area contributed by atoms with Crippen molar-refractivity contribution >= 4 is 11.9 Å². The van der Waals surface area contributed by atoms with Crippen LogP contribution in [0.15, 0.2) is 6.20 Å². The van der Waals surface area contributed by atoms with E-state index in [1.807, 2.05) is 0 Å². The van der Waals surface area contributed by atoms with Gasteiger partial charge in [0.1, 0.15) is 0 Å². The van der Waals surface area contributed by atoms with Crippen LogP contribution in [0.2, 0.25) is 0 Å². The van der Waals surface area contributed by atoms with Gasteiger partial charge in [0.05, 0.1) is 0 Å². The molecule has 0 bridgehead atoms.